The lowest BCUT2D eigenvalue weighted by Crippen LogP contribution is -2.27. The number of anilines is 2. The number of sulfonamides is 1. The van der Waals surface area contributed by atoms with Gasteiger partial charge in [-0.15, -0.1) is 0 Å². The van der Waals surface area contributed by atoms with E-state index in [2.05, 4.69) is 5.32 Å². The fraction of sp³-hybridized carbons (Fsp3) is 0.136. The van der Waals surface area contributed by atoms with Crippen molar-refractivity contribution >= 4 is 50.5 Å². The second-order valence-corrected chi connectivity index (χ2v) is 9.38. The smallest absolute Gasteiger partial charge is 0.264 e. The summed E-state index contributed by atoms with van der Waals surface area (Å²) in [6.45, 7) is 0. The van der Waals surface area contributed by atoms with E-state index in [0.717, 1.165) is 4.31 Å². The van der Waals surface area contributed by atoms with Gasteiger partial charge in [0.15, 0.2) is 0 Å². The van der Waals surface area contributed by atoms with Crippen molar-refractivity contribution in [3.63, 3.8) is 0 Å². The zero-order valence-corrected chi connectivity index (χ0v) is 19.8. The van der Waals surface area contributed by atoms with Crippen LogP contribution in [0.5, 0.6) is 11.5 Å². The molecule has 0 heterocycles. The van der Waals surface area contributed by atoms with Crippen LogP contribution in [0.2, 0.25) is 10.0 Å². The molecule has 0 saturated carbocycles. The van der Waals surface area contributed by atoms with Crippen molar-refractivity contribution in [2.75, 3.05) is 30.9 Å². The van der Waals surface area contributed by atoms with E-state index in [1.807, 2.05) is 0 Å². The molecule has 0 aliphatic heterocycles. The molecule has 0 atom stereocenters. The van der Waals surface area contributed by atoms with Gasteiger partial charge in [0, 0.05) is 18.7 Å². The summed E-state index contributed by atoms with van der Waals surface area (Å²) in [6.07, 6.45) is 0. The number of para-hydroxylation sites is 1. The molecule has 1 N–H and O–H groups in total. The van der Waals surface area contributed by atoms with Gasteiger partial charge in [-0.1, -0.05) is 41.4 Å². The van der Waals surface area contributed by atoms with Gasteiger partial charge < -0.3 is 14.8 Å². The minimum Gasteiger partial charge on any atom is -0.495 e. The van der Waals surface area contributed by atoms with Crippen LogP contribution in [0.25, 0.3) is 0 Å². The Bertz CT molecular complexity index is 1260. The highest BCUT2D eigenvalue weighted by atomic mass is 35.5. The lowest BCUT2D eigenvalue weighted by Gasteiger charge is -2.23. The Morgan fingerprint density at radius 1 is 0.906 bits per heavy atom. The maximum atomic E-state index is 13.3. The van der Waals surface area contributed by atoms with Crippen molar-refractivity contribution in [2.24, 2.45) is 0 Å². The number of nitrogens with zero attached hydrogens (tertiary/aromatic N) is 1. The third-order valence-electron chi connectivity index (χ3n) is 4.67. The minimum absolute atomic E-state index is 0.0826. The molecule has 0 aliphatic carbocycles. The SMILES string of the molecule is COc1cc(OC)c(N(C)S(=O)(=O)c2cccc(C(=O)Nc3ccccc3Cl)c2)cc1Cl. The Balaban J connectivity index is 1.95. The molecule has 3 aromatic carbocycles. The number of methoxy groups -OCH3 is 2. The van der Waals surface area contributed by atoms with Crippen LogP contribution >= 0.6 is 23.2 Å². The topological polar surface area (TPSA) is 84.9 Å². The number of rotatable bonds is 7. The number of carbonyl (C=O) groups is 1. The number of halogens is 2. The molecule has 10 heteroatoms. The third-order valence-corrected chi connectivity index (χ3v) is 7.06. The lowest BCUT2D eigenvalue weighted by atomic mass is 10.2. The monoisotopic (exact) mass is 494 g/mol. The van der Waals surface area contributed by atoms with E-state index in [1.165, 1.54) is 57.7 Å². The summed E-state index contributed by atoms with van der Waals surface area (Å²) in [5.41, 5.74) is 0.783. The van der Waals surface area contributed by atoms with Gasteiger partial charge in [0.1, 0.15) is 11.5 Å². The second kappa shape index (κ2) is 9.68. The standard InChI is InChI=1S/C22H20Cl2N2O5S/c1-26(19-12-17(24)20(30-2)13-21(19)31-3)32(28,29)15-8-6-7-14(11-15)22(27)25-18-10-5-4-9-16(18)23/h4-13H,1-3H3,(H,25,27). The summed E-state index contributed by atoms with van der Waals surface area (Å²) >= 11 is 12.3. The summed E-state index contributed by atoms with van der Waals surface area (Å²) in [7, 11) is 0.171. The van der Waals surface area contributed by atoms with Crippen LogP contribution in [0.3, 0.4) is 0 Å². The van der Waals surface area contributed by atoms with Gasteiger partial charge in [-0.05, 0) is 36.4 Å². The number of ether oxygens (including phenoxy) is 2. The summed E-state index contributed by atoms with van der Waals surface area (Å²) < 4.78 is 38.1. The van der Waals surface area contributed by atoms with E-state index >= 15 is 0 Å². The van der Waals surface area contributed by atoms with Crippen molar-refractivity contribution in [1.29, 1.82) is 0 Å². The molecule has 1 amide bonds. The van der Waals surface area contributed by atoms with Gasteiger partial charge in [0.25, 0.3) is 15.9 Å². The molecule has 0 aromatic heterocycles. The Morgan fingerprint density at radius 2 is 1.59 bits per heavy atom. The summed E-state index contributed by atoms with van der Waals surface area (Å²) in [5, 5.41) is 3.26. The third kappa shape index (κ3) is 4.77. The molecule has 0 radical (unpaired) electrons. The van der Waals surface area contributed by atoms with Gasteiger partial charge in [-0.3, -0.25) is 9.10 Å². The molecule has 0 saturated heterocycles. The first-order valence-electron chi connectivity index (χ1n) is 9.25. The van der Waals surface area contributed by atoms with E-state index in [-0.39, 0.29) is 26.9 Å². The Kier molecular flexibility index (Phi) is 7.18. The van der Waals surface area contributed by atoms with Gasteiger partial charge in [-0.25, -0.2) is 8.42 Å². The normalized spacial score (nSPS) is 11.0. The highest BCUT2D eigenvalue weighted by Crippen LogP contribution is 2.39. The Hall–Kier alpha value is -2.94. The number of amides is 1. The van der Waals surface area contributed by atoms with Gasteiger partial charge in [0.2, 0.25) is 0 Å². The van der Waals surface area contributed by atoms with Crippen LogP contribution < -0.4 is 19.1 Å². The van der Waals surface area contributed by atoms with Crippen LogP contribution in [0, 0.1) is 0 Å². The quantitative estimate of drug-likeness (QED) is 0.494. The van der Waals surface area contributed by atoms with Crippen molar-refractivity contribution in [1.82, 2.24) is 0 Å². The van der Waals surface area contributed by atoms with Crippen molar-refractivity contribution in [3.05, 3.63) is 76.3 Å². The maximum Gasteiger partial charge on any atom is 0.264 e. The number of carbonyl (C=O) groups excluding carboxylic acids is 1. The molecule has 0 unspecified atom stereocenters. The molecule has 0 fully saturated rings. The largest absolute Gasteiger partial charge is 0.495 e. The minimum atomic E-state index is -4.05. The average Bonchev–Trinajstić information content (AvgIpc) is 2.79. The molecule has 3 aromatic rings. The highest BCUT2D eigenvalue weighted by Gasteiger charge is 2.26. The van der Waals surface area contributed by atoms with Gasteiger partial charge in [0.05, 0.1) is 40.5 Å². The van der Waals surface area contributed by atoms with Gasteiger partial charge in [-0.2, -0.15) is 0 Å². The second-order valence-electron chi connectivity index (χ2n) is 6.59. The van der Waals surface area contributed by atoms with Crippen molar-refractivity contribution in [2.45, 2.75) is 4.90 Å². The maximum absolute atomic E-state index is 13.3. The van der Waals surface area contributed by atoms with Crippen LogP contribution in [-0.4, -0.2) is 35.6 Å². The zero-order valence-electron chi connectivity index (χ0n) is 17.4. The highest BCUT2D eigenvalue weighted by molar-refractivity contribution is 7.92. The first kappa shape index (κ1) is 23.7. The Morgan fingerprint density at radius 3 is 2.25 bits per heavy atom. The summed E-state index contributed by atoms with van der Waals surface area (Å²) in [4.78, 5) is 12.6. The van der Waals surface area contributed by atoms with Crippen molar-refractivity contribution < 1.29 is 22.7 Å². The molecule has 32 heavy (non-hydrogen) atoms. The van der Waals surface area contributed by atoms with Crippen LogP contribution in [0.15, 0.2) is 65.6 Å². The molecule has 0 bridgehead atoms. The van der Waals surface area contributed by atoms with E-state index in [0.29, 0.717) is 16.5 Å². The van der Waals surface area contributed by atoms with Gasteiger partial charge >= 0.3 is 0 Å². The van der Waals surface area contributed by atoms with Crippen LogP contribution in [-0.2, 0) is 10.0 Å². The predicted octanol–water partition coefficient (Wildman–Crippen LogP) is 5.09. The lowest BCUT2D eigenvalue weighted by molar-refractivity contribution is 0.102. The Labute approximate surface area is 196 Å². The molecular formula is C22H20Cl2N2O5S. The van der Waals surface area contributed by atoms with E-state index < -0.39 is 15.9 Å². The molecule has 0 spiro atoms. The number of hydrogen-bond acceptors (Lipinski definition) is 5. The van der Waals surface area contributed by atoms with Crippen LogP contribution in [0.1, 0.15) is 10.4 Å². The van der Waals surface area contributed by atoms with E-state index in [4.69, 9.17) is 32.7 Å². The number of nitrogens with one attached hydrogen (secondary N) is 1. The molecule has 3 rings (SSSR count). The fourth-order valence-electron chi connectivity index (χ4n) is 2.93. The van der Waals surface area contributed by atoms with Crippen LogP contribution in [0.4, 0.5) is 11.4 Å². The molecule has 168 valence electrons. The van der Waals surface area contributed by atoms with E-state index in [1.54, 1.807) is 24.3 Å². The number of benzene rings is 3. The molecular weight excluding hydrogens is 475 g/mol. The average molecular weight is 495 g/mol. The summed E-state index contributed by atoms with van der Waals surface area (Å²) in [5.74, 6) is 0.101. The van der Waals surface area contributed by atoms with E-state index in [9.17, 15) is 13.2 Å². The molecule has 0 aliphatic rings. The number of hydrogen-bond donors (Lipinski definition) is 1. The zero-order chi connectivity index (χ0) is 23.5. The van der Waals surface area contributed by atoms with Crippen molar-refractivity contribution in [3.8, 4) is 11.5 Å². The molecule has 7 nitrogen and oxygen atoms in total. The summed E-state index contributed by atoms with van der Waals surface area (Å²) in [6, 6.07) is 15.4. The first-order chi connectivity index (χ1) is 15.2. The predicted molar refractivity (Wildman–Crippen MR) is 126 cm³/mol. The fourth-order valence-corrected chi connectivity index (χ4v) is 4.60. The first-order valence-corrected chi connectivity index (χ1v) is 11.4.